The molecule has 5 rings (SSSR count). The number of sulfonamides is 1. The highest BCUT2D eigenvalue weighted by Gasteiger charge is 2.46. The number of amides is 3. The molecule has 4 aliphatic heterocycles. The third-order valence-electron chi connectivity index (χ3n) is 7.25. The zero-order valence-electron chi connectivity index (χ0n) is 19.0. The van der Waals surface area contributed by atoms with E-state index in [1.54, 1.807) is 9.80 Å². The summed E-state index contributed by atoms with van der Waals surface area (Å²) in [6.45, 7) is 2.26. The fourth-order valence-corrected chi connectivity index (χ4v) is 7.18. The molecule has 192 valence electrons. The number of nitrogens with one attached hydrogen (secondary N) is 2. The van der Waals surface area contributed by atoms with Crippen molar-refractivity contribution in [2.45, 2.75) is 54.4 Å². The Bertz CT molecular complexity index is 1110. The van der Waals surface area contributed by atoms with Gasteiger partial charge < -0.3 is 24.6 Å². The van der Waals surface area contributed by atoms with Crippen LogP contribution in [0.2, 0.25) is 5.02 Å². The van der Waals surface area contributed by atoms with E-state index in [1.807, 2.05) is 0 Å². The lowest BCUT2D eigenvalue weighted by Gasteiger charge is -2.44. The summed E-state index contributed by atoms with van der Waals surface area (Å²) in [5.41, 5.74) is -0.505. The number of halogens is 2. The van der Waals surface area contributed by atoms with E-state index in [0.29, 0.717) is 51.9 Å². The maximum absolute atomic E-state index is 13.3. The summed E-state index contributed by atoms with van der Waals surface area (Å²) in [5, 5.41) is 2.73. The number of likely N-dealkylation sites (tertiary alicyclic amines) is 2. The van der Waals surface area contributed by atoms with Crippen molar-refractivity contribution in [3.8, 4) is 0 Å². The van der Waals surface area contributed by atoms with Crippen LogP contribution in [0.25, 0.3) is 0 Å². The second-order valence-electron chi connectivity index (χ2n) is 9.62. The first-order valence-corrected chi connectivity index (χ1v) is 13.6. The van der Waals surface area contributed by atoms with E-state index < -0.39 is 27.5 Å². The zero-order chi connectivity index (χ0) is 24.8. The summed E-state index contributed by atoms with van der Waals surface area (Å²) in [4.78, 5) is 28.1. The monoisotopic (exact) mass is 530 g/mol. The zero-order valence-corrected chi connectivity index (χ0v) is 20.6. The van der Waals surface area contributed by atoms with Gasteiger partial charge in [-0.25, -0.2) is 22.3 Å². The maximum Gasteiger partial charge on any atom is 0.320 e. The highest BCUT2D eigenvalue weighted by molar-refractivity contribution is 7.89. The normalized spacial score (nSPS) is 28.6. The van der Waals surface area contributed by atoms with E-state index >= 15 is 0 Å². The van der Waals surface area contributed by atoms with Crippen LogP contribution in [-0.2, 0) is 24.3 Å². The fourth-order valence-electron chi connectivity index (χ4n) is 5.42. The van der Waals surface area contributed by atoms with Gasteiger partial charge in [0, 0.05) is 32.2 Å². The molecule has 10 nitrogen and oxygen atoms in total. The average molecular weight is 531 g/mol. The molecule has 4 heterocycles. The Hall–Kier alpha value is -1.99. The number of hydrogen-bond donors (Lipinski definition) is 2. The number of carbonyl (C=O) groups is 2. The number of hydrogen-bond acceptors (Lipinski definition) is 6. The molecule has 2 N–H and O–H groups in total. The first kappa shape index (κ1) is 24.7. The minimum atomic E-state index is -3.94. The van der Waals surface area contributed by atoms with Gasteiger partial charge in [-0.05, 0) is 43.9 Å². The average Bonchev–Trinajstić information content (AvgIpc) is 3.19. The number of morpholine rings is 1. The molecule has 0 aromatic heterocycles. The number of fused-ring (bicyclic) bond motifs is 1. The van der Waals surface area contributed by atoms with Gasteiger partial charge in [0.15, 0.2) is 0 Å². The van der Waals surface area contributed by atoms with Gasteiger partial charge in [0.2, 0.25) is 15.9 Å². The van der Waals surface area contributed by atoms with Gasteiger partial charge in [0.1, 0.15) is 17.3 Å². The number of benzene rings is 1. The quantitative estimate of drug-likeness (QED) is 0.604. The van der Waals surface area contributed by atoms with Crippen LogP contribution >= 0.6 is 11.6 Å². The third kappa shape index (κ3) is 5.12. The third-order valence-corrected chi connectivity index (χ3v) is 9.26. The van der Waals surface area contributed by atoms with Crippen molar-refractivity contribution in [1.29, 1.82) is 0 Å². The largest absolute Gasteiger partial charge is 0.373 e. The lowest BCUT2D eigenvalue weighted by molar-refractivity contribution is -0.139. The second-order valence-corrected chi connectivity index (χ2v) is 11.7. The predicted molar refractivity (Wildman–Crippen MR) is 123 cm³/mol. The van der Waals surface area contributed by atoms with E-state index in [-0.39, 0.29) is 47.2 Å². The van der Waals surface area contributed by atoms with Crippen LogP contribution in [0.1, 0.15) is 25.7 Å². The highest BCUT2D eigenvalue weighted by Crippen LogP contribution is 2.37. The molecular weight excluding hydrogens is 503 g/mol. The molecule has 0 saturated carbocycles. The summed E-state index contributed by atoms with van der Waals surface area (Å²) in [7, 11) is -3.94. The first-order valence-electron chi connectivity index (χ1n) is 11.7. The number of rotatable bonds is 3. The van der Waals surface area contributed by atoms with Crippen LogP contribution in [0.3, 0.4) is 0 Å². The SMILES string of the molecule is O=C1CO[C@H]2CCN(C(=O)N3CCC4(CC3)C[C@H](NS(=O)(=O)c3ccc(F)cc3Cl)CO4)C[C@H]2N1. The van der Waals surface area contributed by atoms with E-state index in [4.69, 9.17) is 21.1 Å². The Morgan fingerprint density at radius 3 is 2.74 bits per heavy atom. The van der Waals surface area contributed by atoms with E-state index in [9.17, 15) is 22.4 Å². The summed E-state index contributed by atoms with van der Waals surface area (Å²) in [6.07, 6.45) is 2.28. The molecule has 0 radical (unpaired) electrons. The summed E-state index contributed by atoms with van der Waals surface area (Å²) in [6, 6.07) is 2.46. The molecule has 0 unspecified atom stereocenters. The van der Waals surface area contributed by atoms with Crippen molar-refractivity contribution in [2.24, 2.45) is 0 Å². The molecule has 1 aromatic carbocycles. The number of carbonyl (C=O) groups excluding carboxylic acids is 2. The second kappa shape index (κ2) is 9.47. The van der Waals surface area contributed by atoms with Crippen molar-refractivity contribution in [3.05, 3.63) is 29.0 Å². The lowest BCUT2D eigenvalue weighted by Crippen LogP contribution is -2.63. The van der Waals surface area contributed by atoms with Gasteiger partial charge in [-0.1, -0.05) is 11.6 Å². The van der Waals surface area contributed by atoms with Crippen LogP contribution in [0.4, 0.5) is 9.18 Å². The number of urea groups is 1. The van der Waals surface area contributed by atoms with Gasteiger partial charge in [0.25, 0.3) is 0 Å². The Balaban J connectivity index is 1.15. The molecule has 4 aliphatic rings. The first-order chi connectivity index (χ1) is 16.6. The van der Waals surface area contributed by atoms with Crippen LogP contribution in [0.5, 0.6) is 0 Å². The molecule has 1 aromatic rings. The molecule has 3 amide bonds. The van der Waals surface area contributed by atoms with Crippen molar-refractivity contribution in [2.75, 3.05) is 39.4 Å². The van der Waals surface area contributed by atoms with Gasteiger partial charge >= 0.3 is 6.03 Å². The molecule has 3 atom stereocenters. The Kier molecular flexibility index (Phi) is 6.68. The molecule has 35 heavy (non-hydrogen) atoms. The lowest BCUT2D eigenvalue weighted by atomic mass is 9.87. The van der Waals surface area contributed by atoms with Gasteiger partial charge in [-0.3, -0.25) is 4.79 Å². The van der Waals surface area contributed by atoms with E-state index in [0.717, 1.165) is 18.2 Å². The van der Waals surface area contributed by atoms with Gasteiger partial charge in [-0.15, -0.1) is 0 Å². The Morgan fingerprint density at radius 1 is 1.23 bits per heavy atom. The van der Waals surface area contributed by atoms with Gasteiger partial charge in [0.05, 0.1) is 29.4 Å². The predicted octanol–water partition coefficient (Wildman–Crippen LogP) is 1.09. The molecule has 1 spiro atoms. The maximum atomic E-state index is 13.3. The van der Waals surface area contributed by atoms with Crippen molar-refractivity contribution >= 4 is 33.6 Å². The number of nitrogens with zero attached hydrogens (tertiary/aromatic N) is 2. The minimum absolute atomic E-state index is 0.0567. The van der Waals surface area contributed by atoms with E-state index in [2.05, 4.69) is 10.0 Å². The fraction of sp³-hybridized carbons (Fsp3) is 0.636. The molecular formula is C22H28ClFN4O6S. The summed E-state index contributed by atoms with van der Waals surface area (Å²) >= 11 is 5.94. The summed E-state index contributed by atoms with van der Waals surface area (Å²) in [5.74, 6) is -0.773. The van der Waals surface area contributed by atoms with Crippen LogP contribution in [-0.4, -0.2) is 93.3 Å². The van der Waals surface area contributed by atoms with Gasteiger partial charge in [-0.2, -0.15) is 0 Å². The van der Waals surface area contributed by atoms with Crippen molar-refractivity contribution in [1.82, 2.24) is 19.8 Å². The van der Waals surface area contributed by atoms with Crippen LogP contribution in [0.15, 0.2) is 23.1 Å². The molecule has 13 heteroatoms. The van der Waals surface area contributed by atoms with Crippen LogP contribution < -0.4 is 10.0 Å². The summed E-state index contributed by atoms with van der Waals surface area (Å²) < 4.78 is 53.1. The highest BCUT2D eigenvalue weighted by atomic mass is 35.5. The van der Waals surface area contributed by atoms with Crippen LogP contribution in [0, 0.1) is 5.82 Å². The smallest absolute Gasteiger partial charge is 0.320 e. The molecule has 4 fully saturated rings. The van der Waals surface area contributed by atoms with Crippen molar-refractivity contribution in [3.63, 3.8) is 0 Å². The Morgan fingerprint density at radius 2 is 2.00 bits per heavy atom. The minimum Gasteiger partial charge on any atom is -0.373 e. The molecule has 0 aliphatic carbocycles. The number of piperidine rings is 2. The van der Waals surface area contributed by atoms with E-state index in [1.165, 1.54) is 0 Å². The molecule has 4 saturated heterocycles. The molecule has 0 bridgehead atoms. The standard InChI is InChI=1S/C22H28ClFN4O6S/c23-16-9-14(24)1-2-19(16)35(31,32)26-15-10-22(34-12-15)4-7-27(8-5-22)21(30)28-6-3-18-17(11-28)25-20(29)13-33-18/h1-2,9,15,17-18,26H,3-8,10-13H2,(H,25,29)/t15-,17+,18-/m0/s1. The topological polar surface area (TPSA) is 117 Å². The number of ether oxygens (including phenoxy) is 2. The van der Waals surface area contributed by atoms with Crippen molar-refractivity contribution < 1.29 is 31.9 Å². The Labute approximate surface area is 208 Å².